The van der Waals surface area contributed by atoms with E-state index in [2.05, 4.69) is 11.8 Å². The van der Waals surface area contributed by atoms with Gasteiger partial charge in [0.2, 0.25) is 0 Å². The maximum absolute atomic E-state index is 14.0. The molecule has 0 spiro atoms. The van der Waals surface area contributed by atoms with E-state index in [1.807, 2.05) is 0 Å². The number of benzene rings is 3. The summed E-state index contributed by atoms with van der Waals surface area (Å²) < 4.78 is 60.5. The van der Waals surface area contributed by atoms with Crippen LogP contribution in [0.15, 0.2) is 36.4 Å². The second-order valence-corrected chi connectivity index (χ2v) is 7.10. The summed E-state index contributed by atoms with van der Waals surface area (Å²) >= 11 is 0. The van der Waals surface area contributed by atoms with Crippen LogP contribution in [0.3, 0.4) is 0 Å². The average molecular weight is 437 g/mol. The first-order chi connectivity index (χ1) is 15.1. The number of rotatable bonds is 2. The van der Waals surface area contributed by atoms with Crippen LogP contribution in [-0.4, -0.2) is 5.97 Å². The molecule has 3 nitrogen and oxygen atoms in total. The van der Waals surface area contributed by atoms with Crippen LogP contribution in [0.5, 0.6) is 5.75 Å². The molecule has 0 unspecified atom stereocenters. The fraction of sp³-hybridized carbons (Fsp3) is 0.120. The minimum absolute atomic E-state index is 0.0865. The number of esters is 1. The van der Waals surface area contributed by atoms with E-state index in [0.29, 0.717) is 22.3 Å². The van der Waals surface area contributed by atoms with Gasteiger partial charge in [-0.05, 0) is 61.7 Å². The first-order valence-electron chi connectivity index (χ1n) is 9.31. The van der Waals surface area contributed by atoms with Crippen molar-refractivity contribution in [2.75, 3.05) is 0 Å². The summed E-state index contributed by atoms with van der Waals surface area (Å²) in [7, 11) is 0. The lowest BCUT2D eigenvalue weighted by molar-refractivity contribution is 0.0733. The summed E-state index contributed by atoms with van der Waals surface area (Å²) in [5, 5.41) is 8.71. The molecule has 0 N–H and O–H groups in total. The molecule has 0 saturated heterocycles. The van der Waals surface area contributed by atoms with Crippen LogP contribution in [0.25, 0.3) is 0 Å². The zero-order valence-corrected chi connectivity index (χ0v) is 17.2. The second kappa shape index (κ2) is 8.95. The highest BCUT2D eigenvalue weighted by atomic mass is 19.1. The average Bonchev–Trinajstić information content (AvgIpc) is 2.68. The van der Waals surface area contributed by atoms with Gasteiger partial charge in [-0.25, -0.2) is 22.4 Å². The van der Waals surface area contributed by atoms with E-state index < -0.39 is 40.6 Å². The van der Waals surface area contributed by atoms with E-state index in [4.69, 9.17) is 10.00 Å². The van der Waals surface area contributed by atoms with Crippen molar-refractivity contribution in [1.29, 1.82) is 5.26 Å². The monoisotopic (exact) mass is 437 g/mol. The predicted octanol–water partition coefficient (Wildman–Crippen LogP) is 5.66. The highest BCUT2D eigenvalue weighted by molar-refractivity contribution is 5.92. The van der Waals surface area contributed by atoms with Gasteiger partial charge in [-0.2, -0.15) is 5.26 Å². The van der Waals surface area contributed by atoms with E-state index in [0.717, 1.165) is 12.1 Å². The molecule has 0 radical (unpaired) electrons. The molecule has 32 heavy (non-hydrogen) atoms. The second-order valence-electron chi connectivity index (χ2n) is 7.10. The Bertz CT molecular complexity index is 1290. The van der Waals surface area contributed by atoms with Crippen LogP contribution >= 0.6 is 0 Å². The number of nitriles is 1. The van der Waals surface area contributed by atoms with Gasteiger partial charge in [0.25, 0.3) is 0 Å². The van der Waals surface area contributed by atoms with Crippen molar-refractivity contribution in [3.8, 4) is 23.7 Å². The third-order valence-electron chi connectivity index (χ3n) is 4.61. The SMILES string of the molecule is Cc1cc(F)c(C#Cc2c(C)cc(C(=O)Oc3cc(F)c(C#N)c(F)c3)cc2C)c(F)c1. The van der Waals surface area contributed by atoms with Gasteiger partial charge in [-0.15, -0.1) is 0 Å². The first kappa shape index (κ1) is 22.6. The zero-order valence-electron chi connectivity index (χ0n) is 17.2. The van der Waals surface area contributed by atoms with E-state index in [-0.39, 0.29) is 11.1 Å². The first-order valence-corrected chi connectivity index (χ1v) is 9.31. The number of carbonyl (C=O) groups is 1. The highest BCUT2D eigenvalue weighted by Gasteiger charge is 2.16. The van der Waals surface area contributed by atoms with Gasteiger partial charge in [0.05, 0.1) is 11.1 Å². The maximum atomic E-state index is 14.0. The third-order valence-corrected chi connectivity index (χ3v) is 4.61. The van der Waals surface area contributed by atoms with E-state index >= 15 is 0 Å². The van der Waals surface area contributed by atoms with Gasteiger partial charge < -0.3 is 4.74 Å². The molecule has 0 bridgehead atoms. The quantitative estimate of drug-likeness (QED) is 0.225. The van der Waals surface area contributed by atoms with Crippen LogP contribution in [-0.2, 0) is 0 Å². The minimum Gasteiger partial charge on any atom is -0.423 e. The minimum atomic E-state index is -1.15. The summed E-state index contributed by atoms with van der Waals surface area (Å²) in [6.45, 7) is 4.86. The number of carbonyl (C=O) groups excluding carboxylic acids is 1. The lowest BCUT2D eigenvalue weighted by Crippen LogP contribution is -2.10. The Morgan fingerprint density at radius 3 is 1.72 bits per heavy atom. The third kappa shape index (κ3) is 4.63. The Hall–Kier alpha value is -4.10. The fourth-order valence-corrected chi connectivity index (χ4v) is 3.10. The molecule has 0 heterocycles. The highest BCUT2D eigenvalue weighted by Crippen LogP contribution is 2.23. The number of hydrogen-bond acceptors (Lipinski definition) is 3. The molecular weight excluding hydrogens is 422 g/mol. The van der Waals surface area contributed by atoms with Crippen molar-refractivity contribution in [1.82, 2.24) is 0 Å². The number of nitrogens with zero attached hydrogens (tertiary/aromatic N) is 1. The van der Waals surface area contributed by atoms with E-state index in [1.165, 1.54) is 30.3 Å². The molecule has 0 atom stereocenters. The summed E-state index contributed by atoms with van der Waals surface area (Å²) in [4.78, 5) is 12.4. The Balaban J connectivity index is 1.90. The molecule has 7 heteroatoms. The number of hydrogen-bond donors (Lipinski definition) is 0. The normalized spacial score (nSPS) is 10.2. The number of ether oxygens (including phenoxy) is 1. The predicted molar refractivity (Wildman–Crippen MR) is 109 cm³/mol. The van der Waals surface area contributed by atoms with E-state index in [9.17, 15) is 22.4 Å². The van der Waals surface area contributed by atoms with E-state index in [1.54, 1.807) is 20.8 Å². The van der Waals surface area contributed by atoms with Gasteiger partial charge >= 0.3 is 5.97 Å². The van der Waals surface area contributed by atoms with Gasteiger partial charge in [0, 0.05) is 17.7 Å². The van der Waals surface area contributed by atoms with Crippen molar-refractivity contribution >= 4 is 5.97 Å². The van der Waals surface area contributed by atoms with Gasteiger partial charge in [-0.3, -0.25) is 0 Å². The van der Waals surface area contributed by atoms with Gasteiger partial charge in [0.1, 0.15) is 40.7 Å². The van der Waals surface area contributed by atoms with Crippen molar-refractivity contribution in [2.24, 2.45) is 0 Å². The molecule has 0 aromatic heterocycles. The van der Waals surface area contributed by atoms with Gasteiger partial charge in [0.15, 0.2) is 0 Å². The number of halogens is 4. The molecule has 160 valence electrons. The molecule has 0 aliphatic carbocycles. The lowest BCUT2D eigenvalue weighted by Gasteiger charge is -2.09. The molecule has 3 aromatic carbocycles. The largest absolute Gasteiger partial charge is 0.423 e. The number of aryl methyl sites for hydroxylation is 3. The maximum Gasteiger partial charge on any atom is 0.343 e. The molecule has 3 aromatic rings. The Kier molecular flexibility index (Phi) is 6.32. The molecule has 0 amide bonds. The Labute approximate surface area is 181 Å². The van der Waals surface area contributed by atoms with Crippen molar-refractivity contribution < 1.29 is 27.1 Å². The standard InChI is InChI=1S/C25H15F4NO2/c1-13-6-21(26)19(22(27)7-13)5-4-18-14(2)8-16(9-15(18)3)25(31)32-17-10-23(28)20(12-30)24(29)11-17/h6-11H,1-3H3. The fourth-order valence-electron chi connectivity index (χ4n) is 3.10. The molecule has 0 aliphatic heterocycles. The van der Waals surface area contributed by atoms with Crippen LogP contribution < -0.4 is 4.74 Å². The van der Waals surface area contributed by atoms with Crippen LogP contribution in [0.2, 0.25) is 0 Å². The molecular formula is C25H15F4NO2. The summed E-state index contributed by atoms with van der Waals surface area (Å²) in [5.41, 5.74) is 0.926. The van der Waals surface area contributed by atoms with Crippen LogP contribution in [0, 0.1) is 67.2 Å². The smallest absolute Gasteiger partial charge is 0.343 e. The van der Waals surface area contributed by atoms with Gasteiger partial charge in [-0.1, -0.05) is 11.8 Å². The Morgan fingerprint density at radius 2 is 1.22 bits per heavy atom. The van der Waals surface area contributed by atoms with Crippen LogP contribution in [0.4, 0.5) is 17.6 Å². The summed E-state index contributed by atoms with van der Waals surface area (Å²) in [6.07, 6.45) is 0. The zero-order chi connectivity index (χ0) is 23.6. The molecule has 0 fully saturated rings. The molecule has 0 aliphatic rings. The Morgan fingerprint density at radius 1 is 0.750 bits per heavy atom. The molecule has 0 saturated carbocycles. The van der Waals surface area contributed by atoms with Crippen molar-refractivity contribution in [3.63, 3.8) is 0 Å². The van der Waals surface area contributed by atoms with Crippen molar-refractivity contribution in [2.45, 2.75) is 20.8 Å². The topological polar surface area (TPSA) is 50.1 Å². The lowest BCUT2D eigenvalue weighted by atomic mass is 9.99. The summed E-state index contributed by atoms with van der Waals surface area (Å²) in [5.74, 6) is 0.108. The van der Waals surface area contributed by atoms with Crippen molar-refractivity contribution in [3.05, 3.63) is 98.6 Å². The van der Waals surface area contributed by atoms with Crippen LogP contribution in [0.1, 0.15) is 43.7 Å². The molecule has 3 rings (SSSR count). The summed E-state index contributed by atoms with van der Waals surface area (Å²) in [6, 6.07) is 8.11.